The number of hydrogen-bond donors (Lipinski definition) is 1. The zero-order valence-corrected chi connectivity index (χ0v) is 6.12. The Hall–Kier alpha value is -0.960. The molecular formula is C8H10O3. The van der Waals surface area contributed by atoms with Gasteiger partial charge in [0.15, 0.2) is 5.76 Å². The van der Waals surface area contributed by atoms with Crippen LogP contribution in [-0.4, -0.2) is 18.5 Å². The van der Waals surface area contributed by atoms with Gasteiger partial charge in [-0.3, -0.25) is 0 Å². The van der Waals surface area contributed by atoms with Crippen LogP contribution in [0.1, 0.15) is 6.42 Å². The zero-order valence-electron chi connectivity index (χ0n) is 6.12. The van der Waals surface area contributed by atoms with Crippen LogP contribution in [0.5, 0.6) is 0 Å². The fourth-order valence-corrected chi connectivity index (χ4v) is 1.38. The molecule has 1 N–H and O–H groups in total. The molecule has 0 aromatic heterocycles. The Labute approximate surface area is 64.9 Å². The molecule has 0 bridgehead atoms. The molecule has 0 saturated heterocycles. The molecule has 2 rings (SSSR count). The maximum Gasteiger partial charge on any atom is 0.230 e. The van der Waals surface area contributed by atoms with Gasteiger partial charge in [0, 0.05) is 12.5 Å². The van der Waals surface area contributed by atoms with E-state index in [2.05, 4.69) is 0 Å². The van der Waals surface area contributed by atoms with Crippen molar-refractivity contribution in [2.75, 3.05) is 13.4 Å². The minimum atomic E-state index is 0.190. The third kappa shape index (κ3) is 1.01. The molecule has 11 heavy (non-hydrogen) atoms. The standard InChI is InChI=1S/C8H10O3/c9-4-3-6-1-2-7-8(6)11-5-10-7/h1-2,6,9H,3-5H2. The summed E-state index contributed by atoms with van der Waals surface area (Å²) in [5.74, 6) is 1.96. The highest BCUT2D eigenvalue weighted by Gasteiger charge is 2.27. The van der Waals surface area contributed by atoms with Crippen LogP contribution >= 0.6 is 0 Å². The third-order valence-electron chi connectivity index (χ3n) is 1.93. The second-order valence-corrected chi connectivity index (χ2v) is 2.61. The third-order valence-corrected chi connectivity index (χ3v) is 1.93. The first-order valence-electron chi connectivity index (χ1n) is 3.70. The van der Waals surface area contributed by atoms with E-state index in [1.165, 1.54) is 0 Å². The van der Waals surface area contributed by atoms with Gasteiger partial charge < -0.3 is 14.6 Å². The van der Waals surface area contributed by atoms with Gasteiger partial charge in [-0.15, -0.1) is 0 Å². The molecule has 0 spiro atoms. The molecule has 0 aromatic carbocycles. The number of allylic oxidation sites excluding steroid dienone is 2. The second kappa shape index (κ2) is 2.58. The second-order valence-electron chi connectivity index (χ2n) is 2.61. The molecule has 3 heteroatoms. The maximum absolute atomic E-state index is 8.69. The molecule has 0 fully saturated rings. The Balaban J connectivity index is 2.09. The predicted molar refractivity (Wildman–Crippen MR) is 38.4 cm³/mol. The van der Waals surface area contributed by atoms with Gasteiger partial charge in [0.05, 0.1) is 0 Å². The van der Waals surface area contributed by atoms with Gasteiger partial charge in [-0.1, -0.05) is 6.08 Å². The summed E-state index contributed by atoms with van der Waals surface area (Å²) in [5.41, 5.74) is 0. The van der Waals surface area contributed by atoms with Crippen LogP contribution in [0.25, 0.3) is 0 Å². The molecule has 1 unspecified atom stereocenters. The normalized spacial score (nSPS) is 26.8. The monoisotopic (exact) mass is 154 g/mol. The molecule has 1 heterocycles. The van der Waals surface area contributed by atoms with Gasteiger partial charge >= 0.3 is 0 Å². The van der Waals surface area contributed by atoms with Gasteiger partial charge in [0.1, 0.15) is 5.76 Å². The molecule has 3 nitrogen and oxygen atoms in total. The minimum absolute atomic E-state index is 0.190. The van der Waals surface area contributed by atoms with E-state index in [-0.39, 0.29) is 12.5 Å². The van der Waals surface area contributed by atoms with Gasteiger partial charge in [-0.2, -0.15) is 0 Å². The topological polar surface area (TPSA) is 38.7 Å². The Morgan fingerprint density at radius 2 is 2.45 bits per heavy atom. The van der Waals surface area contributed by atoms with Gasteiger partial charge in [0.2, 0.25) is 6.79 Å². The van der Waals surface area contributed by atoms with Crippen LogP contribution < -0.4 is 0 Å². The molecule has 0 radical (unpaired) electrons. The molecule has 0 aromatic rings. The van der Waals surface area contributed by atoms with Gasteiger partial charge in [-0.25, -0.2) is 0 Å². The number of hydrogen-bond acceptors (Lipinski definition) is 3. The van der Waals surface area contributed by atoms with Crippen molar-refractivity contribution in [2.45, 2.75) is 6.42 Å². The fraction of sp³-hybridized carbons (Fsp3) is 0.500. The molecule has 1 atom stereocenters. The largest absolute Gasteiger partial charge is 0.457 e. The van der Waals surface area contributed by atoms with Crippen LogP contribution in [-0.2, 0) is 9.47 Å². The molecule has 60 valence electrons. The van der Waals surface area contributed by atoms with E-state index in [9.17, 15) is 0 Å². The summed E-state index contributed by atoms with van der Waals surface area (Å²) in [4.78, 5) is 0. The average Bonchev–Trinajstić information content (AvgIpc) is 2.53. The summed E-state index contributed by atoms with van der Waals surface area (Å²) in [7, 11) is 0. The molecule has 0 saturated carbocycles. The molecule has 0 amide bonds. The number of ether oxygens (including phenoxy) is 2. The Kier molecular flexibility index (Phi) is 1.58. The Morgan fingerprint density at radius 1 is 1.55 bits per heavy atom. The van der Waals surface area contributed by atoms with Crippen molar-refractivity contribution in [3.63, 3.8) is 0 Å². The smallest absolute Gasteiger partial charge is 0.230 e. The average molecular weight is 154 g/mol. The lowest BCUT2D eigenvalue weighted by atomic mass is 10.1. The van der Waals surface area contributed by atoms with Gasteiger partial charge in [-0.05, 0) is 12.5 Å². The number of rotatable bonds is 2. The van der Waals surface area contributed by atoms with E-state index >= 15 is 0 Å². The van der Waals surface area contributed by atoms with E-state index in [1.54, 1.807) is 0 Å². The van der Waals surface area contributed by atoms with E-state index in [4.69, 9.17) is 14.6 Å². The van der Waals surface area contributed by atoms with Crippen molar-refractivity contribution >= 4 is 0 Å². The van der Waals surface area contributed by atoms with Crippen molar-refractivity contribution in [1.29, 1.82) is 0 Å². The van der Waals surface area contributed by atoms with E-state index in [1.807, 2.05) is 12.2 Å². The Morgan fingerprint density at radius 3 is 3.27 bits per heavy atom. The van der Waals surface area contributed by atoms with Crippen molar-refractivity contribution < 1.29 is 14.6 Å². The lowest BCUT2D eigenvalue weighted by Gasteiger charge is -2.07. The lowest BCUT2D eigenvalue weighted by Crippen LogP contribution is -2.02. The molecular weight excluding hydrogens is 144 g/mol. The first-order chi connectivity index (χ1) is 5.42. The molecule has 1 aliphatic heterocycles. The van der Waals surface area contributed by atoms with E-state index in [0.717, 1.165) is 17.9 Å². The Bertz CT molecular complexity index is 217. The zero-order chi connectivity index (χ0) is 7.68. The summed E-state index contributed by atoms with van der Waals surface area (Å²) in [6.45, 7) is 0.520. The summed E-state index contributed by atoms with van der Waals surface area (Å²) < 4.78 is 10.4. The quantitative estimate of drug-likeness (QED) is 0.638. The highest BCUT2D eigenvalue weighted by Crippen LogP contribution is 2.33. The SMILES string of the molecule is OCCC1C=CC2=C1OCO2. The van der Waals surface area contributed by atoms with E-state index < -0.39 is 0 Å². The van der Waals surface area contributed by atoms with Crippen molar-refractivity contribution in [1.82, 2.24) is 0 Å². The fourth-order valence-electron chi connectivity index (χ4n) is 1.38. The van der Waals surface area contributed by atoms with Crippen LogP contribution in [0.2, 0.25) is 0 Å². The highest BCUT2D eigenvalue weighted by molar-refractivity contribution is 5.30. The summed E-state index contributed by atoms with van der Waals surface area (Å²) in [6, 6.07) is 0. The van der Waals surface area contributed by atoms with Crippen LogP contribution in [0.3, 0.4) is 0 Å². The molecule has 2 aliphatic rings. The minimum Gasteiger partial charge on any atom is -0.457 e. The maximum atomic E-state index is 8.69. The van der Waals surface area contributed by atoms with Crippen molar-refractivity contribution in [3.05, 3.63) is 23.7 Å². The predicted octanol–water partition coefficient (Wildman–Crippen LogP) is 0.771. The number of aliphatic hydroxyl groups is 1. The highest BCUT2D eigenvalue weighted by atomic mass is 16.7. The summed E-state index contributed by atoms with van der Waals surface area (Å²) in [5, 5.41) is 8.69. The molecule has 1 aliphatic carbocycles. The van der Waals surface area contributed by atoms with E-state index in [0.29, 0.717) is 6.79 Å². The van der Waals surface area contributed by atoms with Crippen LogP contribution in [0.4, 0.5) is 0 Å². The summed E-state index contributed by atoms with van der Waals surface area (Å²) >= 11 is 0. The number of aliphatic hydroxyl groups excluding tert-OH is 1. The lowest BCUT2D eigenvalue weighted by molar-refractivity contribution is 0.0642. The van der Waals surface area contributed by atoms with Crippen LogP contribution in [0, 0.1) is 5.92 Å². The van der Waals surface area contributed by atoms with Gasteiger partial charge in [0.25, 0.3) is 0 Å². The summed E-state index contributed by atoms with van der Waals surface area (Å²) in [6.07, 6.45) is 4.63. The first-order valence-corrected chi connectivity index (χ1v) is 3.70. The van der Waals surface area contributed by atoms with Crippen molar-refractivity contribution in [2.24, 2.45) is 5.92 Å². The van der Waals surface area contributed by atoms with Crippen LogP contribution in [0.15, 0.2) is 23.7 Å². The van der Waals surface area contributed by atoms with Crippen molar-refractivity contribution in [3.8, 4) is 0 Å². The first kappa shape index (κ1) is 6.73.